The molecule has 0 aliphatic rings. The number of aromatic nitrogens is 2. The summed E-state index contributed by atoms with van der Waals surface area (Å²) in [5, 5.41) is 10.8. The average Bonchev–Trinajstić information content (AvgIpc) is 2.67. The van der Waals surface area contributed by atoms with Crippen molar-refractivity contribution in [3.63, 3.8) is 0 Å². The molecule has 0 saturated carbocycles. The maximum Gasteiger partial charge on any atom is 0.349 e. The van der Waals surface area contributed by atoms with E-state index in [4.69, 9.17) is 9.47 Å². The van der Waals surface area contributed by atoms with E-state index >= 15 is 0 Å². The summed E-state index contributed by atoms with van der Waals surface area (Å²) >= 11 is 0. The minimum Gasteiger partial charge on any atom is -0.493 e. The average molecular weight is 382 g/mol. The number of rotatable bonds is 5. The summed E-state index contributed by atoms with van der Waals surface area (Å²) in [5.74, 6) is -0.242. The molecule has 1 unspecified atom stereocenters. The van der Waals surface area contributed by atoms with Crippen LogP contribution in [0.1, 0.15) is 23.7 Å². The molecular weight excluding hydrogens is 360 g/mol. The molecular formula is C21H22N2O5. The van der Waals surface area contributed by atoms with Crippen LogP contribution in [0, 0.1) is 13.8 Å². The molecule has 0 fully saturated rings. The second kappa shape index (κ2) is 6.99. The van der Waals surface area contributed by atoms with Gasteiger partial charge in [0, 0.05) is 17.0 Å². The van der Waals surface area contributed by atoms with Crippen molar-refractivity contribution < 1.29 is 19.4 Å². The van der Waals surface area contributed by atoms with Gasteiger partial charge in [-0.2, -0.15) is 4.98 Å². The van der Waals surface area contributed by atoms with E-state index in [1.165, 1.54) is 25.7 Å². The van der Waals surface area contributed by atoms with Crippen LogP contribution in [0.2, 0.25) is 0 Å². The second-order valence-electron chi connectivity index (χ2n) is 6.69. The first-order valence-corrected chi connectivity index (χ1v) is 8.71. The molecule has 1 aromatic heterocycles. The topological polar surface area (TPSA) is 90.7 Å². The Labute approximate surface area is 162 Å². The van der Waals surface area contributed by atoms with Gasteiger partial charge in [-0.15, -0.1) is 0 Å². The van der Waals surface area contributed by atoms with Crippen LogP contribution in [0.5, 0.6) is 11.5 Å². The van der Waals surface area contributed by atoms with E-state index in [9.17, 15) is 14.7 Å². The van der Waals surface area contributed by atoms with E-state index in [2.05, 4.69) is 4.98 Å². The third-order valence-corrected chi connectivity index (χ3v) is 5.14. The van der Waals surface area contributed by atoms with Gasteiger partial charge in [-0.05, 0) is 26.3 Å². The van der Waals surface area contributed by atoms with Crippen molar-refractivity contribution in [1.82, 2.24) is 9.55 Å². The molecule has 0 aliphatic carbocycles. The molecule has 3 aromatic rings. The standard InChI is InChI=1S/C21H22N2O5/c1-12-17-13(2)22-20(26)23(15(17)11-16(27-4)18(12)28-5)21(3,19(24)25)14-9-7-6-8-10-14/h6-11H,1-5H3,(H,24,25). The predicted molar refractivity (Wildman–Crippen MR) is 105 cm³/mol. The van der Waals surface area contributed by atoms with Gasteiger partial charge < -0.3 is 14.6 Å². The molecule has 3 rings (SSSR count). The van der Waals surface area contributed by atoms with E-state index < -0.39 is 17.2 Å². The number of aryl methyl sites for hydroxylation is 2. The lowest BCUT2D eigenvalue weighted by molar-refractivity contribution is -0.144. The number of nitrogens with zero attached hydrogens (tertiary/aromatic N) is 2. The first-order chi connectivity index (χ1) is 13.3. The molecule has 7 heteroatoms. The van der Waals surface area contributed by atoms with E-state index in [1.807, 2.05) is 6.92 Å². The molecule has 0 aliphatic heterocycles. The van der Waals surface area contributed by atoms with Crippen LogP contribution in [-0.4, -0.2) is 34.8 Å². The maximum absolute atomic E-state index is 13.0. The van der Waals surface area contributed by atoms with Crippen molar-refractivity contribution in [2.45, 2.75) is 26.3 Å². The van der Waals surface area contributed by atoms with E-state index in [-0.39, 0.29) is 0 Å². The summed E-state index contributed by atoms with van der Waals surface area (Å²) in [6.07, 6.45) is 0. The van der Waals surface area contributed by atoms with Gasteiger partial charge in [0.05, 0.1) is 25.4 Å². The minimum atomic E-state index is -1.66. The van der Waals surface area contributed by atoms with Crippen LogP contribution >= 0.6 is 0 Å². The van der Waals surface area contributed by atoms with Gasteiger partial charge in [0.1, 0.15) is 0 Å². The lowest BCUT2D eigenvalue weighted by atomic mass is 9.90. The number of carboxylic acids is 1. The monoisotopic (exact) mass is 382 g/mol. The summed E-state index contributed by atoms with van der Waals surface area (Å²) in [6.45, 7) is 5.04. The number of methoxy groups -OCH3 is 2. The van der Waals surface area contributed by atoms with Gasteiger partial charge in [-0.25, -0.2) is 9.59 Å². The third-order valence-electron chi connectivity index (χ3n) is 5.14. The Morgan fingerprint density at radius 1 is 1.14 bits per heavy atom. The van der Waals surface area contributed by atoms with Crippen LogP contribution in [0.4, 0.5) is 0 Å². The largest absolute Gasteiger partial charge is 0.493 e. The number of ether oxygens (including phenoxy) is 2. The molecule has 0 amide bonds. The van der Waals surface area contributed by atoms with Crippen LogP contribution in [-0.2, 0) is 10.3 Å². The zero-order valence-corrected chi connectivity index (χ0v) is 16.4. The Balaban J connectivity index is 2.55. The molecule has 28 heavy (non-hydrogen) atoms. The molecule has 0 radical (unpaired) electrons. The van der Waals surface area contributed by atoms with Crippen LogP contribution < -0.4 is 15.2 Å². The quantitative estimate of drug-likeness (QED) is 0.730. The number of aliphatic carboxylic acids is 1. The highest BCUT2D eigenvalue weighted by atomic mass is 16.5. The zero-order valence-electron chi connectivity index (χ0n) is 16.4. The molecule has 1 heterocycles. The number of fused-ring (bicyclic) bond motifs is 1. The van der Waals surface area contributed by atoms with Gasteiger partial charge >= 0.3 is 11.7 Å². The summed E-state index contributed by atoms with van der Waals surface area (Å²) in [6, 6.07) is 10.2. The molecule has 2 aromatic carbocycles. The molecule has 146 valence electrons. The summed E-state index contributed by atoms with van der Waals surface area (Å²) in [7, 11) is 3.02. The lowest BCUT2D eigenvalue weighted by Gasteiger charge is -2.30. The second-order valence-corrected chi connectivity index (χ2v) is 6.69. The Hall–Kier alpha value is -3.35. The molecule has 0 saturated heterocycles. The first kappa shape index (κ1) is 19.4. The van der Waals surface area contributed by atoms with E-state index in [1.54, 1.807) is 43.3 Å². The highest BCUT2D eigenvalue weighted by Crippen LogP contribution is 2.39. The molecule has 1 atom stereocenters. The fourth-order valence-corrected chi connectivity index (χ4v) is 3.69. The lowest BCUT2D eigenvalue weighted by Crippen LogP contribution is -2.47. The van der Waals surface area contributed by atoms with Crippen molar-refractivity contribution >= 4 is 16.9 Å². The van der Waals surface area contributed by atoms with Gasteiger partial charge in [0.25, 0.3) is 0 Å². The zero-order chi connectivity index (χ0) is 20.6. The number of carboxylic acid groups (broad SMARTS) is 1. The summed E-state index contributed by atoms with van der Waals surface area (Å²) < 4.78 is 12.1. The SMILES string of the molecule is COc1cc2c(c(C)nc(=O)n2C(C)(C(=O)O)c2ccccc2)c(C)c1OC. The van der Waals surface area contributed by atoms with Gasteiger partial charge in [0.15, 0.2) is 17.0 Å². The van der Waals surface area contributed by atoms with E-state index in [0.29, 0.717) is 33.7 Å². The molecule has 0 spiro atoms. The smallest absolute Gasteiger partial charge is 0.349 e. The van der Waals surface area contributed by atoms with Gasteiger partial charge in [-0.3, -0.25) is 4.57 Å². The fraction of sp³-hybridized carbons (Fsp3) is 0.286. The van der Waals surface area contributed by atoms with Crippen LogP contribution in [0.15, 0.2) is 41.2 Å². The van der Waals surface area contributed by atoms with Crippen molar-refractivity contribution in [2.75, 3.05) is 14.2 Å². The number of benzene rings is 2. The third kappa shape index (κ3) is 2.70. The van der Waals surface area contributed by atoms with Crippen molar-refractivity contribution in [2.24, 2.45) is 0 Å². The molecule has 1 N–H and O–H groups in total. The molecule has 7 nitrogen and oxygen atoms in total. The number of carbonyl (C=O) groups is 1. The van der Waals surface area contributed by atoms with Crippen LogP contribution in [0.25, 0.3) is 10.9 Å². The first-order valence-electron chi connectivity index (χ1n) is 8.71. The van der Waals surface area contributed by atoms with Crippen molar-refractivity contribution in [1.29, 1.82) is 0 Å². The van der Waals surface area contributed by atoms with Gasteiger partial charge in [0.2, 0.25) is 0 Å². The Morgan fingerprint density at radius 3 is 2.32 bits per heavy atom. The van der Waals surface area contributed by atoms with Gasteiger partial charge in [-0.1, -0.05) is 30.3 Å². The highest BCUT2D eigenvalue weighted by molar-refractivity contribution is 5.91. The number of hydrogen-bond acceptors (Lipinski definition) is 5. The van der Waals surface area contributed by atoms with Crippen LogP contribution in [0.3, 0.4) is 0 Å². The normalized spacial score (nSPS) is 13.2. The van der Waals surface area contributed by atoms with Crippen molar-refractivity contribution in [3.8, 4) is 11.5 Å². The summed E-state index contributed by atoms with van der Waals surface area (Å²) in [4.78, 5) is 29.5. The fourth-order valence-electron chi connectivity index (χ4n) is 3.69. The van der Waals surface area contributed by atoms with E-state index in [0.717, 1.165) is 5.56 Å². The predicted octanol–water partition coefficient (Wildman–Crippen LogP) is 2.88. The molecule has 0 bridgehead atoms. The minimum absolute atomic E-state index is 0.409. The maximum atomic E-state index is 13.0. The number of hydrogen-bond donors (Lipinski definition) is 1. The Morgan fingerprint density at radius 2 is 1.79 bits per heavy atom. The highest BCUT2D eigenvalue weighted by Gasteiger charge is 2.40. The Kier molecular flexibility index (Phi) is 4.85. The van der Waals surface area contributed by atoms with Crippen molar-refractivity contribution in [3.05, 3.63) is 63.7 Å². The Bertz CT molecular complexity index is 1120. The summed E-state index contributed by atoms with van der Waals surface area (Å²) in [5.41, 5.74) is -0.216.